The number of hydrogen-bond donors (Lipinski definition) is 1. The summed E-state index contributed by atoms with van der Waals surface area (Å²) < 4.78 is 0. The van der Waals surface area contributed by atoms with Crippen molar-refractivity contribution in [3.05, 3.63) is 0 Å². The first-order valence-corrected chi connectivity index (χ1v) is 8.33. The standard InChI is InChI=1S/C16H33N3/c1-14(2)18-12-7-16(8-13-18)19-10-5-15(6-11-19)4-9-17-3/h14-17H,4-13H2,1-3H3. The molecule has 1 N–H and O–H groups in total. The van der Waals surface area contributed by atoms with Crippen molar-refractivity contribution in [2.75, 3.05) is 39.8 Å². The minimum Gasteiger partial charge on any atom is -0.320 e. The quantitative estimate of drug-likeness (QED) is 0.824. The summed E-state index contributed by atoms with van der Waals surface area (Å²) in [5.41, 5.74) is 0. The molecule has 2 rings (SSSR count). The molecule has 2 fully saturated rings. The topological polar surface area (TPSA) is 18.5 Å². The van der Waals surface area contributed by atoms with Gasteiger partial charge in [0.2, 0.25) is 0 Å². The Bertz CT molecular complexity index is 238. The molecule has 0 spiro atoms. The Morgan fingerprint density at radius 2 is 1.63 bits per heavy atom. The first kappa shape index (κ1) is 15.3. The average molecular weight is 267 g/mol. The minimum atomic E-state index is 0.730. The molecule has 2 heterocycles. The molecule has 0 amide bonds. The highest BCUT2D eigenvalue weighted by molar-refractivity contribution is 4.84. The van der Waals surface area contributed by atoms with Gasteiger partial charge < -0.3 is 15.1 Å². The molecule has 3 nitrogen and oxygen atoms in total. The second-order valence-electron chi connectivity index (χ2n) is 6.73. The van der Waals surface area contributed by atoms with Crippen LogP contribution < -0.4 is 5.32 Å². The van der Waals surface area contributed by atoms with Crippen LogP contribution in [-0.2, 0) is 0 Å². The maximum absolute atomic E-state index is 3.29. The minimum absolute atomic E-state index is 0.730. The Balaban J connectivity index is 1.68. The summed E-state index contributed by atoms with van der Waals surface area (Å²) in [5.74, 6) is 0.972. The van der Waals surface area contributed by atoms with Crippen LogP contribution in [0.5, 0.6) is 0 Å². The van der Waals surface area contributed by atoms with Gasteiger partial charge in [0.15, 0.2) is 0 Å². The lowest BCUT2D eigenvalue weighted by Gasteiger charge is -2.42. The second kappa shape index (κ2) is 7.61. The molecule has 19 heavy (non-hydrogen) atoms. The van der Waals surface area contributed by atoms with E-state index >= 15 is 0 Å². The van der Waals surface area contributed by atoms with Gasteiger partial charge >= 0.3 is 0 Å². The fourth-order valence-corrected chi connectivity index (χ4v) is 3.72. The first-order valence-electron chi connectivity index (χ1n) is 8.33. The molecule has 2 saturated heterocycles. The van der Waals surface area contributed by atoms with Gasteiger partial charge in [0, 0.05) is 12.1 Å². The summed E-state index contributed by atoms with van der Waals surface area (Å²) in [6.07, 6.45) is 6.99. The normalized spacial score (nSPS) is 25.3. The van der Waals surface area contributed by atoms with Gasteiger partial charge in [-0.1, -0.05) is 0 Å². The van der Waals surface area contributed by atoms with E-state index in [-0.39, 0.29) is 0 Å². The van der Waals surface area contributed by atoms with E-state index < -0.39 is 0 Å². The fourth-order valence-electron chi connectivity index (χ4n) is 3.72. The van der Waals surface area contributed by atoms with E-state index in [4.69, 9.17) is 0 Å². The maximum Gasteiger partial charge on any atom is 0.0120 e. The maximum atomic E-state index is 3.29. The predicted molar refractivity (Wildman–Crippen MR) is 82.6 cm³/mol. The van der Waals surface area contributed by atoms with E-state index in [1.54, 1.807) is 0 Å². The third-order valence-electron chi connectivity index (χ3n) is 5.20. The summed E-state index contributed by atoms with van der Waals surface area (Å²) in [7, 11) is 2.07. The first-order chi connectivity index (χ1) is 9.20. The van der Waals surface area contributed by atoms with Crippen molar-refractivity contribution in [1.29, 1.82) is 0 Å². The van der Waals surface area contributed by atoms with Gasteiger partial charge in [-0.2, -0.15) is 0 Å². The van der Waals surface area contributed by atoms with Crippen LogP contribution >= 0.6 is 0 Å². The van der Waals surface area contributed by atoms with Crippen molar-refractivity contribution in [2.45, 2.75) is 58.0 Å². The van der Waals surface area contributed by atoms with Crippen molar-refractivity contribution in [1.82, 2.24) is 15.1 Å². The van der Waals surface area contributed by atoms with Crippen LogP contribution in [0.15, 0.2) is 0 Å². The highest BCUT2D eigenvalue weighted by Gasteiger charge is 2.28. The molecule has 0 aromatic heterocycles. The summed E-state index contributed by atoms with van der Waals surface area (Å²) in [4.78, 5) is 5.42. The Morgan fingerprint density at radius 1 is 1.00 bits per heavy atom. The Kier molecular flexibility index (Phi) is 6.11. The van der Waals surface area contributed by atoms with Gasteiger partial charge in [-0.05, 0) is 91.6 Å². The predicted octanol–water partition coefficient (Wildman–Crippen LogP) is 2.18. The summed E-state index contributed by atoms with van der Waals surface area (Å²) in [6.45, 7) is 11.2. The highest BCUT2D eigenvalue weighted by atomic mass is 15.2. The van der Waals surface area contributed by atoms with Crippen LogP contribution in [0.2, 0.25) is 0 Å². The zero-order valence-electron chi connectivity index (χ0n) is 13.2. The molecule has 0 aromatic rings. The smallest absolute Gasteiger partial charge is 0.0120 e. The lowest BCUT2D eigenvalue weighted by molar-refractivity contribution is 0.0662. The highest BCUT2D eigenvalue weighted by Crippen LogP contribution is 2.25. The van der Waals surface area contributed by atoms with Crippen LogP contribution in [0.25, 0.3) is 0 Å². The summed E-state index contributed by atoms with van der Waals surface area (Å²) in [6, 6.07) is 1.61. The van der Waals surface area contributed by atoms with Crippen LogP contribution in [0.3, 0.4) is 0 Å². The molecule has 3 heteroatoms. The number of likely N-dealkylation sites (tertiary alicyclic amines) is 2. The fraction of sp³-hybridized carbons (Fsp3) is 1.00. The molecule has 112 valence electrons. The Labute approximate surface area is 119 Å². The van der Waals surface area contributed by atoms with Gasteiger partial charge in [0.25, 0.3) is 0 Å². The largest absolute Gasteiger partial charge is 0.320 e. The van der Waals surface area contributed by atoms with E-state index in [9.17, 15) is 0 Å². The average Bonchev–Trinajstić information content (AvgIpc) is 2.46. The van der Waals surface area contributed by atoms with Gasteiger partial charge in [0.1, 0.15) is 0 Å². The van der Waals surface area contributed by atoms with Gasteiger partial charge in [0.05, 0.1) is 0 Å². The summed E-state index contributed by atoms with van der Waals surface area (Å²) >= 11 is 0. The lowest BCUT2D eigenvalue weighted by atomic mass is 9.91. The lowest BCUT2D eigenvalue weighted by Crippen LogP contribution is -2.49. The van der Waals surface area contributed by atoms with Crippen molar-refractivity contribution in [3.8, 4) is 0 Å². The van der Waals surface area contributed by atoms with Crippen molar-refractivity contribution in [3.63, 3.8) is 0 Å². The molecule has 0 unspecified atom stereocenters. The number of piperidine rings is 2. The van der Waals surface area contributed by atoms with E-state index in [0.29, 0.717) is 0 Å². The van der Waals surface area contributed by atoms with Crippen molar-refractivity contribution in [2.24, 2.45) is 5.92 Å². The second-order valence-corrected chi connectivity index (χ2v) is 6.73. The van der Waals surface area contributed by atoms with E-state index in [0.717, 1.165) is 18.0 Å². The molecule has 0 saturated carbocycles. The molecule has 0 bridgehead atoms. The zero-order chi connectivity index (χ0) is 13.7. The Morgan fingerprint density at radius 3 is 2.16 bits per heavy atom. The third-order valence-corrected chi connectivity index (χ3v) is 5.20. The van der Waals surface area contributed by atoms with Crippen molar-refractivity contribution < 1.29 is 0 Å². The zero-order valence-corrected chi connectivity index (χ0v) is 13.2. The van der Waals surface area contributed by atoms with Gasteiger partial charge in [-0.25, -0.2) is 0 Å². The van der Waals surface area contributed by atoms with Gasteiger partial charge in [-0.15, -0.1) is 0 Å². The van der Waals surface area contributed by atoms with E-state index in [2.05, 4.69) is 36.0 Å². The van der Waals surface area contributed by atoms with Gasteiger partial charge in [-0.3, -0.25) is 0 Å². The molecule has 2 aliphatic rings. The molecular weight excluding hydrogens is 234 g/mol. The number of nitrogens with zero attached hydrogens (tertiary/aromatic N) is 2. The molecule has 0 atom stereocenters. The van der Waals surface area contributed by atoms with Crippen LogP contribution in [0.4, 0.5) is 0 Å². The number of nitrogens with one attached hydrogen (secondary N) is 1. The number of rotatable bonds is 5. The number of hydrogen-bond acceptors (Lipinski definition) is 3. The molecule has 0 radical (unpaired) electrons. The van der Waals surface area contributed by atoms with E-state index in [1.807, 2.05) is 0 Å². The summed E-state index contributed by atoms with van der Waals surface area (Å²) in [5, 5.41) is 3.29. The van der Waals surface area contributed by atoms with Crippen LogP contribution in [0.1, 0.15) is 46.0 Å². The SMILES string of the molecule is CNCCC1CCN(C2CCN(C(C)C)CC2)CC1. The molecule has 0 aliphatic carbocycles. The molecule has 2 aliphatic heterocycles. The van der Waals surface area contributed by atoms with Crippen LogP contribution in [-0.4, -0.2) is 61.7 Å². The van der Waals surface area contributed by atoms with E-state index in [1.165, 1.54) is 64.8 Å². The van der Waals surface area contributed by atoms with Crippen molar-refractivity contribution >= 4 is 0 Å². The van der Waals surface area contributed by atoms with Crippen LogP contribution in [0, 0.1) is 5.92 Å². The third kappa shape index (κ3) is 4.44. The Hall–Kier alpha value is -0.120. The monoisotopic (exact) mass is 267 g/mol. The molecule has 0 aromatic carbocycles. The molecular formula is C16H33N3.